The fraction of sp³-hybridized carbons (Fsp3) is 0.684. The third-order valence-electron chi connectivity index (χ3n) is 5.49. The van der Waals surface area contributed by atoms with Gasteiger partial charge in [0.25, 0.3) is 0 Å². The maximum Gasteiger partial charge on any atom is 0.119 e. The number of fused-ring (bicyclic) bond motifs is 2. The topological polar surface area (TPSA) is 54.0 Å². The van der Waals surface area contributed by atoms with Crippen LogP contribution in [0.4, 0.5) is 0 Å². The highest BCUT2D eigenvalue weighted by Gasteiger charge is 2.40. The normalized spacial score (nSPS) is 26.7. The van der Waals surface area contributed by atoms with E-state index < -0.39 is 0 Å². The van der Waals surface area contributed by atoms with Gasteiger partial charge in [-0.3, -0.25) is 10.2 Å². The predicted octanol–water partition coefficient (Wildman–Crippen LogP) is 2.06. The first-order chi connectivity index (χ1) is 11.7. The number of aliphatic hydroxyl groups excluding tert-OH is 1. The molecular weight excluding hydrogens is 304 g/mol. The number of benzene rings is 1. The number of aliphatic hydroxyl groups is 1. The van der Waals surface area contributed by atoms with Crippen LogP contribution in [0.15, 0.2) is 18.2 Å². The van der Waals surface area contributed by atoms with Gasteiger partial charge < -0.3 is 14.6 Å². The summed E-state index contributed by atoms with van der Waals surface area (Å²) in [7, 11) is 1.69. The summed E-state index contributed by atoms with van der Waals surface area (Å²) in [5.41, 5.74) is 2.68. The standard InChI is InChI=1S/C19H30N2O3/c1-14-9-19(24-8-7-23-2)6-3-15(14)12-21-17-4-5-18(21)11-16(10-17)20-13-22/h3,6,9,16-18,20,22H,4-5,7-8,10-13H2,1-2H3. The van der Waals surface area contributed by atoms with Crippen LogP contribution in [0.1, 0.15) is 36.8 Å². The highest BCUT2D eigenvalue weighted by Crippen LogP contribution is 2.37. The first-order valence-electron chi connectivity index (χ1n) is 9.02. The van der Waals surface area contributed by atoms with Crippen LogP contribution in [0.3, 0.4) is 0 Å². The predicted molar refractivity (Wildman–Crippen MR) is 94.1 cm³/mol. The molecule has 2 heterocycles. The molecule has 2 fully saturated rings. The molecule has 5 nitrogen and oxygen atoms in total. The summed E-state index contributed by atoms with van der Waals surface area (Å²) in [5, 5.41) is 12.3. The van der Waals surface area contributed by atoms with E-state index in [1.165, 1.54) is 24.0 Å². The van der Waals surface area contributed by atoms with Crippen molar-refractivity contribution in [1.29, 1.82) is 0 Å². The third kappa shape index (κ3) is 4.09. The van der Waals surface area contributed by atoms with Gasteiger partial charge in [0, 0.05) is 31.8 Å². The number of piperidine rings is 1. The molecule has 1 aromatic rings. The maximum atomic E-state index is 9.11. The summed E-state index contributed by atoms with van der Waals surface area (Å²) in [6.07, 6.45) is 4.86. The van der Waals surface area contributed by atoms with Gasteiger partial charge in [-0.25, -0.2) is 0 Å². The van der Waals surface area contributed by atoms with Crippen LogP contribution in [0, 0.1) is 6.92 Å². The van der Waals surface area contributed by atoms with Crippen molar-refractivity contribution < 1.29 is 14.6 Å². The fourth-order valence-corrected chi connectivity index (χ4v) is 4.20. The largest absolute Gasteiger partial charge is 0.491 e. The van der Waals surface area contributed by atoms with Gasteiger partial charge in [-0.2, -0.15) is 0 Å². The Balaban J connectivity index is 1.60. The van der Waals surface area contributed by atoms with Crippen molar-refractivity contribution in [3.8, 4) is 5.75 Å². The van der Waals surface area contributed by atoms with Gasteiger partial charge in [0.2, 0.25) is 0 Å². The average molecular weight is 334 g/mol. The Bertz CT molecular complexity index is 523. The Hall–Kier alpha value is -1.14. The van der Waals surface area contributed by atoms with Gasteiger partial charge in [0.1, 0.15) is 12.4 Å². The molecule has 0 radical (unpaired) electrons. The SMILES string of the molecule is COCCOc1ccc(CN2C3CCC2CC(NCO)C3)c(C)c1. The molecule has 3 rings (SSSR count). The van der Waals surface area contributed by atoms with E-state index in [1.54, 1.807) is 7.11 Å². The van der Waals surface area contributed by atoms with E-state index in [1.807, 2.05) is 0 Å². The Morgan fingerprint density at radius 1 is 1.21 bits per heavy atom. The molecular formula is C19H30N2O3. The van der Waals surface area contributed by atoms with E-state index in [9.17, 15) is 0 Å². The third-order valence-corrected chi connectivity index (χ3v) is 5.49. The molecule has 134 valence electrons. The van der Waals surface area contributed by atoms with Crippen molar-refractivity contribution in [2.24, 2.45) is 0 Å². The lowest BCUT2D eigenvalue weighted by Gasteiger charge is -2.39. The van der Waals surface area contributed by atoms with Crippen molar-refractivity contribution in [2.45, 2.75) is 57.3 Å². The molecule has 2 unspecified atom stereocenters. The molecule has 2 N–H and O–H groups in total. The van der Waals surface area contributed by atoms with E-state index in [0.717, 1.165) is 25.1 Å². The Morgan fingerprint density at radius 2 is 1.96 bits per heavy atom. The highest BCUT2D eigenvalue weighted by molar-refractivity contribution is 5.35. The highest BCUT2D eigenvalue weighted by atomic mass is 16.5. The van der Waals surface area contributed by atoms with Gasteiger partial charge in [-0.05, 0) is 55.9 Å². The van der Waals surface area contributed by atoms with Crippen LogP contribution in [-0.4, -0.2) is 55.2 Å². The lowest BCUT2D eigenvalue weighted by atomic mass is 9.96. The minimum Gasteiger partial charge on any atom is -0.491 e. The second-order valence-electron chi connectivity index (χ2n) is 7.02. The summed E-state index contributed by atoms with van der Waals surface area (Å²) >= 11 is 0. The van der Waals surface area contributed by atoms with Gasteiger partial charge in [-0.1, -0.05) is 6.07 Å². The average Bonchev–Trinajstić information content (AvgIpc) is 2.79. The van der Waals surface area contributed by atoms with Gasteiger partial charge in [0.15, 0.2) is 0 Å². The molecule has 2 atom stereocenters. The van der Waals surface area contributed by atoms with Crippen molar-refractivity contribution in [3.63, 3.8) is 0 Å². The molecule has 5 heteroatoms. The summed E-state index contributed by atoms with van der Waals surface area (Å²) in [6.45, 7) is 4.48. The fourth-order valence-electron chi connectivity index (χ4n) is 4.20. The van der Waals surface area contributed by atoms with E-state index in [2.05, 4.69) is 35.3 Å². The van der Waals surface area contributed by atoms with Crippen molar-refractivity contribution in [1.82, 2.24) is 10.2 Å². The maximum absolute atomic E-state index is 9.11. The summed E-state index contributed by atoms with van der Waals surface area (Å²) in [5.74, 6) is 0.919. The first-order valence-corrected chi connectivity index (χ1v) is 9.02. The molecule has 1 aromatic carbocycles. The second kappa shape index (κ2) is 8.30. The number of nitrogens with zero attached hydrogens (tertiary/aromatic N) is 1. The molecule has 0 aliphatic carbocycles. The summed E-state index contributed by atoms with van der Waals surface area (Å²) in [4.78, 5) is 2.67. The van der Waals surface area contributed by atoms with E-state index in [-0.39, 0.29) is 6.73 Å². The van der Waals surface area contributed by atoms with Crippen LogP contribution in [-0.2, 0) is 11.3 Å². The zero-order chi connectivity index (χ0) is 16.9. The number of aryl methyl sites for hydroxylation is 1. The number of rotatable bonds is 8. The minimum absolute atomic E-state index is 0.0910. The lowest BCUT2D eigenvalue weighted by Crippen LogP contribution is -2.48. The quantitative estimate of drug-likeness (QED) is 0.563. The smallest absolute Gasteiger partial charge is 0.119 e. The number of hydrogen-bond acceptors (Lipinski definition) is 5. The molecule has 0 spiro atoms. The lowest BCUT2D eigenvalue weighted by molar-refractivity contribution is 0.0972. The van der Waals surface area contributed by atoms with Crippen LogP contribution >= 0.6 is 0 Å². The molecule has 0 aromatic heterocycles. The van der Waals surface area contributed by atoms with Crippen molar-refractivity contribution in [3.05, 3.63) is 29.3 Å². The van der Waals surface area contributed by atoms with Gasteiger partial charge in [-0.15, -0.1) is 0 Å². The van der Waals surface area contributed by atoms with Gasteiger partial charge in [0.05, 0.1) is 13.3 Å². The zero-order valence-electron chi connectivity index (χ0n) is 14.8. The Labute approximate surface area is 144 Å². The van der Waals surface area contributed by atoms with E-state index >= 15 is 0 Å². The van der Waals surface area contributed by atoms with Crippen LogP contribution in [0.25, 0.3) is 0 Å². The Morgan fingerprint density at radius 3 is 2.58 bits per heavy atom. The zero-order valence-corrected chi connectivity index (χ0v) is 14.8. The summed E-state index contributed by atoms with van der Waals surface area (Å²) in [6, 6.07) is 8.16. The number of nitrogens with one attached hydrogen (secondary N) is 1. The number of ether oxygens (including phenoxy) is 2. The van der Waals surface area contributed by atoms with Crippen LogP contribution in [0.2, 0.25) is 0 Å². The minimum atomic E-state index is 0.0910. The van der Waals surface area contributed by atoms with E-state index in [0.29, 0.717) is 31.3 Å². The van der Waals surface area contributed by atoms with Gasteiger partial charge >= 0.3 is 0 Å². The molecule has 2 bridgehead atoms. The monoisotopic (exact) mass is 334 g/mol. The molecule has 2 saturated heterocycles. The van der Waals surface area contributed by atoms with Crippen molar-refractivity contribution >= 4 is 0 Å². The molecule has 0 amide bonds. The molecule has 2 aliphatic heterocycles. The number of hydrogen-bond donors (Lipinski definition) is 2. The van der Waals surface area contributed by atoms with E-state index in [4.69, 9.17) is 14.6 Å². The Kier molecular flexibility index (Phi) is 6.11. The first kappa shape index (κ1) is 17.7. The summed E-state index contributed by atoms with van der Waals surface area (Å²) < 4.78 is 10.7. The number of methoxy groups -OCH3 is 1. The van der Waals surface area contributed by atoms with Crippen molar-refractivity contribution in [2.75, 3.05) is 27.1 Å². The van der Waals surface area contributed by atoms with Crippen LogP contribution in [0.5, 0.6) is 5.75 Å². The second-order valence-corrected chi connectivity index (χ2v) is 7.02. The van der Waals surface area contributed by atoms with Crippen LogP contribution < -0.4 is 10.1 Å². The molecule has 0 saturated carbocycles. The molecule has 24 heavy (non-hydrogen) atoms. The molecule has 2 aliphatic rings.